The van der Waals surface area contributed by atoms with E-state index in [0.717, 1.165) is 4.88 Å². The molecule has 0 saturated heterocycles. The maximum Gasteiger partial charge on any atom is 0.242 e. The highest BCUT2D eigenvalue weighted by Crippen LogP contribution is 2.22. The van der Waals surface area contributed by atoms with Gasteiger partial charge in [0.25, 0.3) is 0 Å². The average Bonchev–Trinajstić information content (AvgIpc) is 3.25. The smallest absolute Gasteiger partial charge is 0.242 e. The Bertz CT molecular complexity index is 901. The minimum atomic E-state index is -3.60. The van der Waals surface area contributed by atoms with Crippen LogP contribution in [-0.2, 0) is 16.6 Å². The molecule has 3 heterocycles. The second-order valence-corrected chi connectivity index (χ2v) is 8.47. The number of hydrogen-bond acceptors (Lipinski definition) is 6. The Morgan fingerprint density at radius 1 is 1.13 bits per heavy atom. The van der Waals surface area contributed by atoms with E-state index in [1.807, 2.05) is 11.4 Å². The molecule has 0 radical (unpaired) electrons. The second-order valence-electron chi connectivity index (χ2n) is 4.59. The van der Waals surface area contributed by atoms with Crippen LogP contribution in [0, 0.1) is 0 Å². The number of thiophene rings is 2. The molecule has 8 heteroatoms. The predicted molar refractivity (Wildman–Crippen MR) is 90.3 cm³/mol. The minimum Gasteiger partial charge on any atom is -0.287 e. The van der Waals surface area contributed by atoms with Crippen molar-refractivity contribution in [2.45, 2.75) is 11.4 Å². The summed E-state index contributed by atoms with van der Waals surface area (Å²) in [4.78, 5) is 18.2. The summed E-state index contributed by atoms with van der Waals surface area (Å²) >= 11 is 2.68. The van der Waals surface area contributed by atoms with Gasteiger partial charge in [0.05, 0.1) is 9.75 Å². The van der Waals surface area contributed by atoms with E-state index in [-0.39, 0.29) is 17.2 Å². The average molecular weight is 364 g/mol. The number of ketones is 1. The van der Waals surface area contributed by atoms with Crippen molar-refractivity contribution < 1.29 is 13.2 Å². The first kappa shape index (κ1) is 16.0. The van der Waals surface area contributed by atoms with Gasteiger partial charge in [-0.1, -0.05) is 6.07 Å². The lowest BCUT2D eigenvalue weighted by molar-refractivity contribution is 0.104. The van der Waals surface area contributed by atoms with Crippen molar-refractivity contribution in [3.8, 4) is 0 Å². The molecule has 0 fully saturated rings. The van der Waals surface area contributed by atoms with Crippen molar-refractivity contribution in [3.63, 3.8) is 0 Å². The van der Waals surface area contributed by atoms with Crippen LogP contribution in [0.2, 0.25) is 0 Å². The number of pyridine rings is 1. The fraction of sp³-hybridized carbons (Fsp3) is 0.0667. The SMILES string of the molecule is O=C(c1cccs1)c1ccc(CNS(=O)(=O)c2cccnc2)s1. The zero-order valence-electron chi connectivity index (χ0n) is 11.8. The van der Waals surface area contributed by atoms with Crippen molar-refractivity contribution >= 4 is 38.5 Å². The van der Waals surface area contributed by atoms with Gasteiger partial charge in [0, 0.05) is 23.8 Å². The number of rotatable bonds is 6. The first-order valence-corrected chi connectivity index (χ1v) is 9.81. The van der Waals surface area contributed by atoms with Gasteiger partial charge in [0.2, 0.25) is 15.8 Å². The van der Waals surface area contributed by atoms with Crippen LogP contribution in [0.3, 0.4) is 0 Å². The van der Waals surface area contributed by atoms with E-state index < -0.39 is 10.0 Å². The van der Waals surface area contributed by atoms with Crippen LogP contribution < -0.4 is 4.72 Å². The topological polar surface area (TPSA) is 76.1 Å². The van der Waals surface area contributed by atoms with E-state index in [1.54, 1.807) is 24.3 Å². The molecule has 0 bridgehead atoms. The van der Waals surface area contributed by atoms with Crippen molar-refractivity contribution in [1.82, 2.24) is 9.71 Å². The molecule has 1 N–H and O–H groups in total. The van der Waals surface area contributed by atoms with Gasteiger partial charge in [-0.05, 0) is 35.7 Å². The van der Waals surface area contributed by atoms with Crippen LogP contribution in [0.1, 0.15) is 19.4 Å². The van der Waals surface area contributed by atoms with Gasteiger partial charge in [-0.2, -0.15) is 0 Å². The van der Waals surface area contributed by atoms with Crippen LogP contribution >= 0.6 is 22.7 Å². The Kier molecular flexibility index (Phi) is 4.67. The molecular weight excluding hydrogens is 352 g/mol. The third kappa shape index (κ3) is 3.73. The zero-order valence-corrected chi connectivity index (χ0v) is 14.2. The quantitative estimate of drug-likeness (QED) is 0.682. The van der Waals surface area contributed by atoms with E-state index in [0.29, 0.717) is 9.75 Å². The summed E-state index contributed by atoms with van der Waals surface area (Å²) < 4.78 is 26.8. The minimum absolute atomic E-state index is 0.0358. The standard InChI is InChI=1S/C15H12N2O3S3/c18-15(13-4-2-8-21-13)14-6-5-11(22-14)9-17-23(19,20)12-3-1-7-16-10-12/h1-8,10,17H,9H2. The number of nitrogens with one attached hydrogen (secondary N) is 1. The Labute approximate surface area is 141 Å². The molecule has 118 valence electrons. The lowest BCUT2D eigenvalue weighted by Gasteiger charge is -2.04. The zero-order chi connectivity index (χ0) is 16.3. The molecule has 0 amide bonds. The number of aromatic nitrogens is 1. The monoisotopic (exact) mass is 364 g/mol. The highest BCUT2D eigenvalue weighted by atomic mass is 32.2. The third-order valence-corrected chi connectivity index (χ3v) is 6.35. The van der Waals surface area contributed by atoms with Gasteiger partial charge in [0.15, 0.2) is 0 Å². The molecule has 3 rings (SSSR count). The lowest BCUT2D eigenvalue weighted by Crippen LogP contribution is -2.22. The summed E-state index contributed by atoms with van der Waals surface area (Å²) in [6, 6.07) is 10.1. The Balaban J connectivity index is 1.69. The number of nitrogens with zero attached hydrogens (tertiary/aromatic N) is 1. The second kappa shape index (κ2) is 6.71. The van der Waals surface area contributed by atoms with Gasteiger partial charge in [-0.25, -0.2) is 13.1 Å². The van der Waals surface area contributed by atoms with Crippen LogP contribution in [0.4, 0.5) is 0 Å². The van der Waals surface area contributed by atoms with Gasteiger partial charge in [0.1, 0.15) is 4.90 Å². The highest BCUT2D eigenvalue weighted by molar-refractivity contribution is 7.89. The molecule has 23 heavy (non-hydrogen) atoms. The number of sulfonamides is 1. The van der Waals surface area contributed by atoms with E-state index in [4.69, 9.17) is 0 Å². The third-order valence-electron chi connectivity index (χ3n) is 3.01. The molecule has 0 aliphatic carbocycles. The van der Waals surface area contributed by atoms with Crippen molar-refractivity contribution in [3.05, 3.63) is 68.8 Å². The fourth-order valence-electron chi connectivity index (χ4n) is 1.88. The lowest BCUT2D eigenvalue weighted by atomic mass is 10.3. The largest absolute Gasteiger partial charge is 0.287 e. The normalized spacial score (nSPS) is 11.5. The molecule has 0 atom stereocenters. The molecule has 3 aromatic heterocycles. The van der Waals surface area contributed by atoms with Gasteiger partial charge in [-0.3, -0.25) is 9.78 Å². The first-order valence-electron chi connectivity index (χ1n) is 6.63. The maximum absolute atomic E-state index is 12.2. The fourth-order valence-corrected chi connectivity index (χ4v) is 4.58. The van der Waals surface area contributed by atoms with Crippen LogP contribution in [-0.4, -0.2) is 19.2 Å². The molecule has 0 aromatic carbocycles. The summed E-state index contributed by atoms with van der Waals surface area (Å²) in [5.74, 6) is -0.0358. The maximum atomic E-state index is 12.2. The van der Waals surface area contributed by atoms with Gasteiger partial charge in [-0.15, -0.1) is 22.7 Å². The number of carbonyl (C=O) groups is 1. The molecule has 0 unspecified atom stereocenters. The highest BCUT2D eigenvalue weighted by Gasteiger charge is 2.16. The summed E-state index contributed by atoms with van der Waals surface area (Å²) in [6.45, 7) is 0.139. The Morgan fingerprint density at radius 3 is 2.70 bits per heavy atom. The predicted octanol–water partition coefficient (Wildman–Crippen LogP) is 2.91. The van der Waals surface area contributed by atoms with E-state index in [9.17, 15) is 13.2 Å². The Morgan fingerprint density at radius 2 is 2.00 bits per heavy atom. The van der Waals surface area contributed by atoms with Crippen molar-refractivity contribution in [2.75, 3.05) is 0 Å². The van der Waals surface area contributed by atoms with Crippen LogP contribution in [0.25, 0.3) is 0 Å². The summed E-state index contributed by atoms with van der Waals surface area (Å²) in [5.41, 5.74) is 0. The van der Waals surface area contributed by atoms with Crippen molar-refractivity contribution in [2.24, 2.45) is 0 Å². The van der Waals surface area contributed by atoms with E-state index in [2.05, 4.69) is 9.71 Å². The van der Waals surface area contributed by atoms with Crippen LogP contribution in [0.15, 0.2) is 59.1 Å². The van der Waals surface area contributed by atoms with E-state index in [1.165, 1.54) is 41.1 Å². The molecule has 5 nitrogen and oxygen atoms in total. The summed E-state index contributed by atoms with van der Waals surface area (Å²) in [7, 11) is -3.60. The molecule has 3 aromatic rings. The van der Waals surface area contributed by atoms with E-state index >= 15 is 0 Å². The van der Waals surface area contributed by atoms with Gasteiger partial charge < -0.3 is 0 Å². The van der Waals surface area contributed by atoms with Crippen LogP contribution in [0.5, 0.6) is 0 Å². The molecule has 0 saturated carbocycles. The molecule has 0 aliphatic rings. The molecule has 0 aliphatic heterocycles. The summed E-state index contributed by atoms with van der Waals surface area (Å²) in [5, 5.41) is 1.85. The Hall–Kier alpha value is -1.87. The summed E-state index contributed by atoms with van der Waals surface area (Å²) in [6.07, 6.45) is 2.81. The number of carbonyl (C=O) groups excluding carboxylic acids is 1. The molecule has 0 spiro atoms. The first-order chi connectivity index (χ1) is 11.1. The van der Waals surface area contributed by atoms with Gasteiger partial charge >= 0.3 is 0 Å². The number of hydrogen-bond donors (Lipinski definition) is 1. The molecular formula is C15H12N2O3S3. The van der Waals surface area contributed by atoms with Crippen molar-refractivity contribution in [1.29, 1.82) is 0 Å².